The first-order valence-electron chi connectivity index (χ1n) is 6.58. The van der Waals surface area contributed by atoms with Crippen molar-refractivity contribution in [2.45, 2.75) is 38.9 Å². The zero-order chi connectivity index (χ0) is 14.0. The molecule has 1 unspecified atom stereocenters. The van der Waals surface area contributed by atoms with Gasteiger partial charge in [0.05, 0.1) is 6.54 Å². The molecule has 104 valence electrons. The van der Waals surface area contributed by atoms with E-state index >= 15 is 0 Å². The van der Waals surface area contributed by atoms with Crippen LogP contribution in [0.3, 0.4) is 0 Å². The van der Waals surface area contributed by atoms with Crippen LogP contribution in [0.25, 0.3) is 0 Å². The number of amides is 1. The van der Waals surface area contributed by atoms with Gasteiger partial charge in [-0.05, 0) is 25.0 Å². The van der Waals surface area contributed by atoms with Crippen LogP contribution < -0.4 is 5.32 Å². The monoisotopic (exact) mass is 268 g/mol. The third kappa shape index (κ3) is 2.61. The fraction of sp³-hybridized carbons (Fsp3) is 0.500. The third-order valence-corrected chi connectivity index (χ3v) is 3.61. The molecule has 3 nitrogen and oxygen atoms in total. The fourth-order valence-electron chi connectivity index (χ4n) is 2.60. The highest BCUT2D eigenvalue weighted by Gasteiger charge is 2.36. The molecule has 1 aliphatic rings. The van der Waals surface area contributed by atoms with Gasteiger partial charge in [0.25, 0.3) is 0 Å². The first-order chi connectivity index (χ1) is 9.08. The molecule has 1 aromatic carbocycles. The lowest BCUT2D eigenvalue weighted by molar-refractivity contribution is -0.130. The van der Waals surface area contributed by atoms with Gasteiger partial charge >= 0.3 is 0 Å². The number of carbonyl (C=O) groups excluding carboxylic acids is 1. The fourth-order valence-corrected chi connectivity index (χ4v) is 2.60. The second kappa shape index (κ2) is 5.65. The van der Waals surface area contributed by atoms with Gasteiger partial charge in [-0.25, -0.2) is 8.78 Å². The molecule has 2 rings (SSSR count). The molecule has 1 saturated heterocycles. The van der Waals surface area contributed by atoms with Gasteiger partial charge < -0.3 is 4.90 Å². The number of hydrogen-bond donors (Lipinski definition) is 1. The van der Waals surface area contributed by atoms with Gasteiger partial charge in [-0.3, -0.25) is 10.1 Å². The summed E-state index contributed by atoms with van der Waals surface area (Å²) in [7, 11) is 0. The predicted molar refractivity (Wildman–Crippen MR) is 68.3 cm³/mol. The molecule has 1 N–H and O–H groups in total. The summed E-state index contributed by atoms with van der Waals surface area (Å²) in [5.74, 6) is -1.27. The van der Waals surface area contributed by atoms with E-state index in [9.17, 15) is 13.6 Å². The van der Waals surface area contributed by atoms with Crippen molar-refractivity contribution >= 4 is 5.91 Å². The molecule has 1 amide bonds. The molecular formula is C14H18F2N2O. The van der Waals surface area contributed by atoms with Gasteiger partial charge in [-0.15, -0.1) is 0 Å². The summed E-state index contributed by atoms with van der Waals surface area (Å²) in [5, 5.41) is 3.00. The van der Waals surface area contributed by atoms with Gasteiger partial charge in [0.2, 0.25) is 5.91 Å². The average molecular weight is 268 g/mol. The Kier molecular flexibility index (Phi) is 4.14. The molecule has 0 aromatic heterocycles. The smallest absolute Gasteiger partial charge is 0.238 e. The number of benzene rings is 1. The maximum atomic E-state index is 13.9. The van der Waals surface area contributed by atoms with E-state index in [-0.39, 0.29) is 18.5 Å². The van der Waals surface area contributed by atoms with E-state index < -0.39 is 17.8 Å². The molecule has 1 aromatic rings. The Morgan fingerprint density at radius 3 is 2.63 bits per heavy atom. The van der Waals surface area contributed by atoms with Crippen molar-refractivity contribution in [1.82, 2.24) is 10.2 Å². The van der Waals surface area contributed by atoms with Gasteiger partial charge in [0.15, 0.2) is 0 Å². The van der Waals surface area contributed by atoms with Crippen LogP contribution >= 0.6 is 0 Å². The first-order valence-corrected chi connectivity index (χ1v) is 6.58. The Labute approximate surface area is 111 Å². The summed E-state index contributed by atoms with van der Waals surface area (Å²) in [5.41, 5.74) is 0.319. The van der Waals surface area contributed by atoms with Crippen molar-refractivity contribution in [3.05, 3.63) is 35.4 Å². The van der Waals surface area contributed by atoms with Crippen molar-refractivity contribution in [3.63, 3.8) is 0 Å². The molecule has 1 aliphatic heterocycles. The van der Waals surface area contributed by atoms with Crippen molar-refractivity contribution in [2.75, 3.05) is 6.54 Å². The van der Waals surface area contributed by atoms with Crippen LogP contribution in [0.15, 0.2) is 18.2 Å². The van der Waals surface area contributed by atoms with Crippen LogP contribution in [-0.2, 0) is 4.79 Å². The highest BCUT2D eigenvalue weighted by Crippen LogP contribution is 2.29. The predicted octanol–water partition coefficient (Wildman–Crippen LogP) is 2.58. The highest BCUT2D eigenvalue weighted by molar-refractivity contribution is 5.81. The normalized spacial score (nSPS) is 19.5. The highest BCUT2D eigenvalue weighted by atomic mass is 19.1. The number of carbonyl (C=O) groups is 1. The number of rotatable bonds is 4. The summed E-state index contributed by atoms with van der Waals surface area (Å²) in [4.78, 5) is 13.6. The number of halogens is 2. The van der Waals surface area contributed by atoms with Gasteiger partial charge in [0, 0.05) is 17.7 Å². The molecule has 5 heteroatoms. The van der Waals surface area contributed by atoms with Crippen molar-refractivity contribution in [2.24, 2.45) is 0 Å². The summed E-state index contributed by atoms with van der Waals surface area (Å²) < 4.78 is 26.8. The van der Waals surface area contributed by atoms with Crippen molar-refractivity contribution in [1.29, 1.82) is 0 Å². The second-order valence-electron chi connectivity index (χ2n) is 4.72. The maximum absolute atomic E-state index is 13.9. The number of nitrogens with zero attached hydrogens (tertiary/aromatic N) is 1. The molecular weight excluding hydrogens is 250 g/mol. The van der Waals surface area contributed by atoms with Crippen LogP contribution in [0.1, 0.15) is 38.4 Å². The minimum absolute atomic E-state index is 0.0394. The minimum Gasteiger partial charge on any atom is -0.319 e. The average Bonchev–Trinajstić information content (AvgIpc) is 2.74. The molecule has 1 heterocycles. The summed E-state index contributed by atoms with van der Waals surface area (Å²) in [6.07, 6.45) is 1.12. The summed E-state index contributed by atoms with van der Waals surface area (Å²) in [6.45, 7) is 4.19. The summed E-state index contributed by atoms with van der Waals surface area (Å²) >= 11 is 0. The quantitative estimate of drug-likeness (QED) is 0.910. The SMILES string of the molecule is CCC(CC)N1C(=O)CNC1c1ccc(F)cc1F. The van der Waals surface area contributed by atoms with E-state index in [1.807, 2.05) is 13.8 Å². The molecule has 0 aliphatic carbocycles. The Hall–Kier alpha value is -1.49. The Morgan fingerprint density at radius 2 is 2.05 bits per heavy atom. The van der Waals surface area contributed by atoms with E-state index in [1.165, 1.54) is 12.1 Å². The lowest BCUT2D eigenvalue weighted by Crippen LogP contribution is -2.39. The zero-order valence-corrected chi connectivity index (χ0v) is 11.1. The van der Waals surface area contributed by atoms with Crippen LogP contribution in [0.4, 0.5) is 8.78 Å². The first kappa shape index (κ1) is 13.9. The second-order valence-corrected chi connectivity index (χ2v) is 4.72. The zero-order valence-electron chi connectivity index (χ0n) is 11.1. The Morgan fingerprint density at radius 1 is 1.37 bits per heavy atom. The van der Waals surface area contributed by atoms with Crippen molar-refractivity contribution < 1.29 is 13.6 Å². The molecule has 0 spiro atoms. The number of hydrogen-bond acceptors (Lipinski definition) is 2. The lowest BCUT2D eigenvalue weighted by Gasteiger charge is -2.32. The molecule has 19 heavy (non-hydrogen) atoms. The number of nitrogens with one attached hydrogen (secondary N) is 1. The van der Waals surface area contributed by atoms with E-state index in [2.05, 4.69) is 5.32 Å². The van der Waals surface area contributed by atoms with Crippen LogP contribution in [0, 0.1) is 11.6 Å². The van der Waals surface area contributed by atoms with E-state index in [4.69, 9.17) is 0 Å². The Bertz CT molecular complexity index is 475. The molecule has 1 fully saturated rings. The van der Waals surface area contributed by atoms with E-state index in [1.54, 1.807) is 4.90 Å². The van der Waals surface area contributed by atoms with Crippen LogP contribution in [0.5, 0.6) is 0 Å². The van der Waals surface area contributed by atoms with E-state index in [0.29, 0.717) is 5.56 Å². The van der Waals surface area contributed by atoms with Gasteiger partial charge in [-0.2, -0.15) is 0 Å². The molecule has 0 radical (unpaired) electrons. The largest absolute Gasteiger partial charge is 0.319 e. The maximum Gasteiger partial charge on any atom is 0.238 e. The Balaban J connectivity index is 2.34. The van der Waals surface area contributed by atoms with Gasteiger partial charge in [0.1, 0.15) is 17.8 Å². The van der Waals surface area contributed by atoms with E-state index in [0.717, 1.165) is 18.9 Å². The standard InChI is InChI=1S/C14H18F2N2O/c1-3-10(4-2)18-13(19)8-17-14(18)11-6-5-9(15)7-12(11)16/h5-7,10,14,17H,3-4,8H2,1-2H3. The topological polar surface area (TPSA) is 32.3 Å². The van der Waals surface area contributed by atoms with Crippen LogP contribution in [-0.4, -0.2) is 23.4 Å². The molecule has 1 atom stereocenters. The van der Waals surface area contributed by atoms with Crippen LogP contribution in [0.2, 0.25) is 0 Å². The lowest BCUT2D eigenvalue weighted by atomic mass is 10.1. The molecule has 0 bridgehead atoms. The molecule has 0 saturated carbocycles. The van der Waals surface area contributed by atoms with Gasteiger partial charge in [-0.1, -0.05) is 13.8 Å². The third-order valence-electron chi connectivity index (χ3n) is 3.61. The minimum atomic E-state index is -0.622. The van der Waals surface area contributed by atoms with Crippen molar-refractivity contribution in [3.8, 4) is 0 Å². The summed E-state index contributed by atoms with van der Waals surface area (Å²) in [6, 6.07) is 3.53.